The molecule has 5 fully saturated rings. The molecule has 4 amide bonds. The molecule has 80 heavy (non-hydrogen) atoms. The van der Waals surface area contributed by atoms with Gasteiger partial charge in [-0.25, -0.2) is 16.8 Å². The van der Waals surface area contributed by atoms with Gasteiger partial charge in [0.2, 0.25) is 32.6 Å². The third-order valence-electron chi connectivity index (χ3n) is 14.8. The van der Waals surface area contributed by atoms with Gasteiger partial charge in [-0.15, -0.1) is 11.7 Å². The van der Waals surface area contributed by atoms with Crippen LogP contribution in [0.4, 0.5) is 0 Å². The van der Waals surface area contributed by atoms with Crippen LogP contribution in [0, 0.1) is 23.2 Å². The van der Waals surface area contributed by atoms with E-state index in [1.54, 1.807) is 11.8 Å². The molecule has 0 radical (unpaired) electrons. The number of likely N-dealkylation sites (tertiary alicyclic amines) is 1. The number of carbonyl (C=O) groups excluding carboxylic acids is 4. The Hall–Kier alpha value is -0.680. The number of aliphatic hydroxyl groups excluding tert-OH is 5. The van der Waals surface area contributed by atoms with Crippen molar-refractivity contribution in [1.82, 2.24) is 35.8 Å². The zero-order valence-electron chi connectivity index (χ0n) is 45.9. The molecule has 30 nitrogen and oxygen atoms in total. The Labute approximate surface area is 530 Å². The van der Waals surface area contributed by atoms with E-state index in [1.807, 2.05) is 0 Å². The van der Waals surface area contributed by atoms with Crippen LogP contribution >= 0.6 is 0 Å². The van der Waals surface area contributed by atoms with E-state index in [0.29, 0.717) is 25.9 Å². The molecule has 0 spiro atoms. The van der Waals surface area contributed by atoms with Crippen LogP contribution in [0.3, 0.4) is 0 Å². The summed E-state index contributed by atoms with van der Waals surface area (Å²) in [6.45, 7) is -0.0613. The summed E-state index contributed by atoms with van der Waals surface area (Å²) in [5.41, 5.74) is -2.54. The second kappa shape index (κ2) is 33.4. The second-order valence-corrected chi connectivity index (χ2v) is 22.7. The number of hydrogen-bond acceptors (Lipinski definition) is 25. The van der Waals surface area contributed by atoms with E-state index < -0.39 is 168 Å². The van der Waals surface area contributed by atoms with Crippen molar-refractivity contribution in [3.63, 3.8) is 0 Å². The van der Waals surface area contributed by atoms with Gasteiger partial charge in [0.05, 0.1) is 50.9 Å². The van der Waals surface area contributed by atoms with Gasteiger partial charge in [0.15, 0.2) is 18.3 Å². The molecule has 0 aromatic carbocycles. The maximum atomic E-state index is 14.1. The van der Waals surface area contributed by atoms with Crippen molar-refractivity contribution in [2.45, 2.75) is 171 Å². The minimum atomic E-state index is -5.40. The molecule has 3 saturated heterocycles. The summed E-state index contributed by atoms with van der Waals surface area (Å²) < 4.78 is 108. The predicted molar refractivity (Wildman–Crippen MR) is 253 cm³/mol. The number of nitrogens with one attached hydrogen (secondary N) is 3. The summed E-state index contributed by atoms with van der Waals surface area (Å²) in [5, 5.41) is 82.1. The van der Waals surface area contributed by atoms with Crippen LogP contribution in [0.15, 0.2) is 6.20 Å². The van der Waals surface area contributed by atoms with Gasteiger partial charge in [-0.1, -0.05) is 50.7 Å². The molecule has 4 heterocycles. The van der Waals surface area contributed by atoms with Gasteiger partial charge in [0.1, 0.15) is 48.8 Å². The van der Waals surface area contributed by atoms with E-state index in [2.05, 4.69) is 34.6 Å². The van der Waals surface area contributed by atoms with Crippen LogP contribution in [-0.4, -0.2) is 227 Å². The van der Waals surface area contributed by atoms with Crippen molar-refractivity contribution >= 4 is 44.4 Å². The first-order valence-electron chi connectivity index (χ1n) is 25.8. The first-order chi connectivity index (χ1) is 36.3. The predicted octanol–water partition coefficient (Wildman–Crippen LogP) is -14.0. The van der Waals surface area contributed by atoms with E-state index in [-0.39, 0.29) is 132 Å². The Kier molecular flexibility index (Phi) is 30.8. The van der Waals surface area contributed by atoms with Crippen LogP contribution < -0.4 is 110 Å². The van der Waals surface area contributed by atoms with E-state index in [0.717, 1.165) is 49.4 Å². The number of amides is 4. The van der Waals surface area contributed by atoms with Gasteiger partial charge in [0, 0.05) is 44.4 Å². The molecule has 6 unspecified atom stereocenters. The average molecular weight is 1210 g/mol. The number of hydrogen-bond donors (Lipinski definition) is 8. The van der Waals surface area contributed by atoms with E-state index in [9.17, 15) is 75.8 Å². The topological polar surface area (TPSA) is 442 Å². The number of ether oxygens (including phenoxy) is 5. The third kappa shape index (κ3) is 20.8. The summed E-state index contributed by atoms with van der Waals surface area (Å²) in [6.07, 6.45) is -9.18. The van der Waals surface area contributed by atoms with Gasteiger partial charge in [-0.2, -0.15) is 0 Å². The quantitative estimate of drug-likeness (QED) is 0.0185. The minimum Gasteiger partial charge on any atom is -0.854 e. The minimum absolute atomic E-state index is 0. The Morgan fingerprint density at radius 3 is 2.05 bits per heavy atom. The monoisotopic (exact) mass is 1210 g/mol. The van der Waals surface area contributed by atoms with Crippen LogP contribution in [0.1, 0.15) is 95.5 Å². The summed E-state index contributed by atoms with van der Waals surface area (Å²) >= 11 is 0. The Morgan fingerprint density at radius 1 is 0.850 bits per heavy atom. The number of nitrogens with zero attached hydrogens (tertiary/aromatic N) is 4. The van der Waals surface area contributed by atoms with Crippen molar-refractivity contribution in [2.75, 3.05) is 52.6 Å². The van der Waals surface area contributed by atoms with Gasteiger partial charge >= 0.3 is 88.7 Å². The Balaban J connectivity index is 0.00000560. The molecule has 5 aliphatic rings. The number of rotatable bonds is 26. The SMILES string of the molecule is CCC1CC(C(=O)NCCNC(=O)c2cn(CC(C[O-])(COS(=O)(=O)[O-])COS(=O)(=O)[O-])nn2)C[C@@H](O[C@@H]2O[C@@H](CO)[C@H](O)C(O[C@@H](CC3CCCCC3)C(=O)N3CCC3)C2NC(C)=O)[C@@H]1O[C@@H]1OC(C)[C@@H](O)[C@H](O)C1O.[Na+].[Na+].[Na+]. The standard InChI is InChI=1S/C45H74N7O23S2.3Na/c1-4-27-16-28(40(60)46-11-12-47-41(61)29-18-52(50-49-29)20-45(21-54,22-69-76(63,64)65)23-70-77(66,67)68)17-30(38(27)75-44-37(59)36(58)34(56)24(2)71-44)73-43-33(48-25(3)55)39(35(57)32(19-53)74-43)72-31(42(62)51-13-8-14-51)15-26-9-6-5-7-10-26;;;/h18,24,26-28,30-39,43-44,53,56-59H,4-17,19-23H2,1-3H3,(H,46,60)(H,47,61)(H,48,55)(H,63,64,65)(H,66,67,68);;;/q-1;3*+1/p-2/t24?,27?,28?,30-,31+,32+,33?,34-,35+,36+,37?,38-,39?,43-,44+;;;/m1.../s1. The van der Waals surface area contributed by atoms with Gasteiger partial charge < -0.3 is 84.3 Å². The fourth-order valence-corrected chi connectivity index (χ4v) is 11.2. The molecule has 6 rings (SSSR count). The first kappa shape index (κ1) is 73.6. The fraction of sp³-hybridized carbons (Fsp3) is 0.867. The fourth-order valence-electron chi connectivity index (χ4n) is 10.4. The van der Waals surface area contributed by atoms with Crippen molar-refractivity contribution in [3.8, 4) is 0 Å². The summed E-state index contributed by atoms with van der Waals surface area (Å²) in [7, 11) is -10.8. The largest absolute Gasteiger partial charge is 1.00 e. The summed E-state index contributed by atoms with van der Waals surface area (Å²) in [6, 6.07) is -1.32. The molecule has 2 aliphatic carbocycles. The molecular weight excluding hydrogens is 1140 g/mol. The zero-order valence-corrected chi connectivity index (χ0v) is 53.6. The van der Waals surface area contributed by atoms with Crippen molar-refractivity contribution in [2.24, 2.45) is 23.2 Å². The van der Waals surface area contributed by atoms with Gasteiger partial charge in [-0.3, -0.25) is 32.2 Å². The van der Waals surface area contributed by atoms with Crippen LogP contribution in [0.2, 0.25) is 0 Å². The number of carbonyl (C=O) groups is 4. The summed E-state index contributed by atoms with van der Waals surface area (Å²) in [5.74, 6) is -3.48. The molecule has 35 heteroatoms. The molecule has 0 bridgehead atoms. The molecule has 440 valence electrons. The molecule has 15 atom stereocenters. The first-order valence-corrected chi connectivity index (χ1v) is 28.4. The summed E-state index contributed by atoms with van der Waals surface area (Å²) in [4.78, 5) is 55.8. The molecule has 3 aliphatic heterocycles. The van der Waals surface area contributed by atoms with Crippen LogP contribution in [0.5, 0.6) is 0 Å². The normalized spacial score (nSPS) is 30.8. The average Bonchev–Trinajstić information content (AvgIpc) is 3.85. The molecule has 1 aromatic rings. The van der Waals surface area contributed by atoms with Crippen molar-refractivity contribution < 1.29 is 196 Å². The van der Waals surface area contributed by atoms with Crippen LogP contribution in [-0.2, 0) is 73.8 Å². The smallest absolute Gasteiger partial charge is 0.854 e. The molecule has 8 N–H and O–H groups in total. The van der Waals surface area contributed by atoms with E-state index in [4.69, 9.17) is 23.7 Å². The third-order valence-corrected chi connectivity index (χ3v) is 15.6. The zero-order chi connectivity index (χ0) is 56.4. The van der Waals surface area contributed by atoms with Crippen molar-refractivity contribution in [3.05, 3.63) is 11.9 Å². The van der Waals surface area contributed by atoms with Gasteiger partial charge in [0.25, 0.3) is 11.8 Å². The Morgan fingerprint density at radius 2 is 1.49 bits per heavy atom. The maximum Gasteiger partial charge on any atom is 1.00 e. The number of aromatic nitrogens is 3. The Bertz CT molecular complexity index is 2330. The molecule has 2 saturated carbocycles. The maximum absolute atomic E-state index is 14.1. The number of aliphatic hydroxyl groups is 5. The van der Waals surface area contributed by atoms with E-state index >= 15 is 0 Å². The van der Waals surface area contributed by atoms with Gasteiger partial charge in [-0.05, 0) is 44.4 Å². The van der Waals surface area contributed by atoms with E-state index in [1.165, 1.54) is 13.8 Å². The van der Waals surface area contributed by atoms with Crippen LogP contribution in [0.25, 0.3) is 0 Å². The second-order valence-electron chi connectivity index (χ2n) is 20.6. The molecule has 1 aromatic heterocycles. The van der Waals surface area contributed by atoms with Crippen molar-refractivity contribution in [1.29, 1.82) is 0 Å². The molecular formula is C45H72N7Na3O23S2.